The number of alkyl halides is 1. The van der Waals surface area contributed by atoms with Gasteiger partial charge in [-0.3, -0.25) is 4.79 Å². The molecule has 0 saturated heterocycles. The molecule has 1 fully saturated rings. The molecule has 1 saturated carbocycles. The minimum atomic E-state index is -0.479. The molecule has 0 heterocycles. The van der Waals surface area contributed by atoms with Gasteiger partial charge in [0.25, 0.3) is 0 Å². The Labute approximate surface area is 116 Å². The van der Waals surface area contributed by atoms with Gasteiger partial charge in [0.1, 0.15) is 3.42 Å². The highest BCUT2D eigenvalue weighted by molar-refractivity contribution is 14.1. The Kier molecular flexibility index (Phi) is 4.13. The number of allylic oxidation sites excluding steroid dienone is 2. The topological polar surface area (TPSA) is 35.5 Å². The number of hydrogen-bond donors (Lipinski definition) is 0. The van der Waals surface area contributed by atoms with Crippen LogP contribution in [0, 0.1) is 11.8 Å². The van der Waals surface area contributed by atoms with Crippen molar-refractivity contribution in [3.05, 3.63) is 12.2 Å². The summed E-state index contributed by atoms with van der Waals surface area (Å²) in [5.74, 6) is 0.465. The fraction of sp³-hybridized carbons (Fsp3) is 0.769. The molecule has 3 nitrogen and oxygen atoms in total. The average Bonchev–Trinajstić information content (AvgIpc) is 3.03. The van der Waals surface area contributed by atoms with Gasteiger partial charge < -0.3 is 9.47 Å². The molecular weight excluding hydrogens is 331 g/mol. The summed E-state index contributed by atoms with van der Waals surface area (Å²) >= 11 is 2.17. The van der Waals surface area contributed by atoms with Gasteiger partial charge in [0.2, 0.25) is 6.29 Å². The van der Waals surface area contributed by atoms with E-state index in [1.807, 2.05) is 19.1 Å². The van der Waals surface area contributed by atoms with E-state index in [0.717, 1.165) is 12.8 Å². The van der Waals surface area contributed by atoms with Crippen molar-refractivity contribution in [2.75, 3.05) is 7.11 Å². The molecule has 0 N–H and O–H groups in total. The summed E-state index contributed by atoms with van der Waals surface area (Å²) in [6.07, 6.45) is 8.34. The van der Waals surface area contributed by atoms with E-state index in [9.17, 15) is 4.79 Å². The number of methoxy groups -OCH3 is 1. The minimum absolute atomic E-state index is 0.160. The van der Waals surface area contributed by atoms with E-state index in [-0.39, 0.29) is 18.2 Å². The number of hydrogen-bond acceptors (Lipinski definition) is 3. The first-order chi connectivity index (χ1) is 8.05. The van der Waals surface area contributed by atoms with Crippen molar-refractivity contribution in [3.63, 3.8) is 0 Å². The molecule has 96 valence electrons. The molecule has 0 aromatic heterocycles. The van der Waals surface area contributed by atoms with Gasteiger partial charge in [-0.15, -0.1) is 0 Å². The molecule has 0 aliphatic heterocycles. The summed E-state index contributed by atoms with van der Waals surface area (Å²) in [6.45, 7) is 1.92. The molecule has 0 aromatic carbocycles. The van der Waals surface area contributed by atoms with Crippen LogP contribution in [0.4, 0.5) is 0 Å². The Morgan fingerprint density at radius 1 is 1.41 bits per heavy atom. The van der Waals surface area contributed by atoms with E-state index in [1.165, 1.54) is 12.8 Å². The van der Waals surface area contributed by atoms with Crippen molar-refractivity contribution in [2.45, 2.75) is 42.3 Å². The molecule has 0 aromatic rings. The van der Waals surface area contributed by atoms with Crippen molar-refractivity contribution in [3.8, 4) is 0 Å². The highest BCUT2D eigenvalue weighted by Crippen LogP contribution is 2.40. The third kappa shape index (κ3) is 3.02. The SMILES string of the molecule is COC(OC(=O)C(C)(I)C1C=C1)C1CCCC1. The third-order valence-electron chi connectivity index (χ3n) is 3.65. The standard InChI is InChI=1S/C13H19IO3/c1-13(14,10-7-8-10)12(15)17-11(16-2)9-5-3-4-6-9/h7-11H,3-6H2,1-2H3. The lowest BCUT2D eigenvalue weighted by Gasteiger charge is -2.27. The molecule has 17 heavy (non-hydrogen) atoms. The van der Waals surface area contributed by atoms with Crippen LogP contribution in [0.5, 0.6) is 0 Å². The molecule has 2 unspecified atom stereocenters. The maximum atomic E-state index is 12.1. The lowest BCUT2D eigenvalue weighted by atomic mass is 10.0. The Bertz CT molecular complexity index is 313. The van der Waals surface area contributed by atoms with E-state index in [1.54, 1.807) is 7.11 Å². The normalized spacial score (nSPS) is 25.6. The van der Waals surface area contributed by atoms with E-state index in [4.69, 9.17) is 9.47 Å². The number of rotatable bonds is 5. The van der Waals surface area contributed by atoms with Crippen LogP contribution in [0.3, 0.4) is 0 Å². The predicted octanol–water partition coefficient (Wildman–Crippen LogP) is 3.07. The zero-order valence-electron chi connectivity index (χ0n) is 10.3. The molecule has 0 amide bonds. The van der Waals surface area contributed by atoms with Gasteiger partial charge in [-0.05, 0) is 19.8 Å². The van der Waals surface area contributed by atoms with Crippen LogP contribution < -0.4 is 0 Å². The molecule has 2 aliphatic rings. The second kappa shape index (κ2) is 5.26. The maximum Gasteiger partial charge on any atom is 0.325 e. The molecule has 2 atom stereocenters. The quantitative estimate of drug-likeness (QED) is 0.251. The smallest absolute Gasteiger partial charge is 0.325 e. The van der Waals surface area contributed by atoms with Gasteiger partial charge in [0, 0.05) is 18.9 Å². The van der Waals surface area contributed by atoms with Crippen LogP contribution in [0.25, 0.3) is 0 Å². The highest BCUT2D eigenvalue weighted by Gasteiger charge is 2.44. The van der Waals surface area contributed by atoms with Crippen LogP contribution in [0.2, 0.25) is 0 Å². The number of esters is 1. The fourth-order valence-corrected chi connectivity index (χ4v) is 2.88. The molecule has 4 heteroatoms. The third-order valence-corrected chi connectivity index (χ3v) is 4.81. The summed E-state index contributed by atoms with van der Waals surface area (Å²) in [4.78, 5) is 12.1. The first-order valence-electron chi connectivity index (χ1n) is 6.17. The van der Waals surface area contributed by atoms with Crippen LogP contribution in [0.15, 0.2) is 12.2 Å². The summed E-state index contributed by atoms with van der Waals surface area (Å²) in [5, 5.41) is 0. The number of carbonyl (C=O) groups excluding carboxylic acids is 1. The first kappa shape index (κ1) is 13.3. The van der Waals surface area contributed by atoms with Crippen molar-refractivity contribution in [1.82, 2.24) is 0 Å². The van der Waals surface area contributed by atoms with E-state index >= 15 is 0 Å². The molecule has 0 radical (unpaired) electrons. The zero-order chi connectivity index (χ0) is 12.5. The van der Waals surface area contributed by atoms with Gasteiger partial charge >= 0.3 is 5.97 Å². The van der Waals surface area contributed by atoms with Crippen molar-refractivity contribution < 1.29 is 14.3 Å². The van der Waals surface area contributed by atoms with E-state index < -0.39 is 3.42 Å². The fourth-order valence-electron chi connectivity index (χ4n) is 2.34. The number of carbonyl (C=O) groups is 1. The van der Waals surface area contributed by atoms with E-state index in [2.05, 4.69) is 22.6 Å². The average molecular weight is 350 g/mol. The maximum absolute atomic E-state index is 12.1. The Hall–Kier alpha value is -0.100. The summed E-state index contributed by atoms with van der Waals surface area (Å²) in [6, 6.07) is 0. The van der Waals surface area contributed by atoms with Gasteiger partial charge in [0.15, 0.2) is 0 Å². The Balaban J connectivity index is 1.91. The molecule has 0 spiro atoms. The molecule has 2 aliphatic carbocycles. The van der Waals surface area contributed by atoms with Gasteiger partial charge in [-0.2, -0.15) is 0 Å². The van der Waals surface area contributed by atoms with Gasteiger partial charge in [-0.1, -0.05) is 47.6 Å². The first-order valence-corrected chi connectivity index (χ1v) is 7.24. The second-order valence-corrected chi connectivity index (χ2v) is 7.28. The van der Waals surface area contributed by atoms with E-state index in [0.29, 0.717) is 5.92 Å². The van der Waals surface area contributed by atoms with Crippen molar-refractivity contribution >= 4 is 28.6 Å². The van der Waals surface area contributed by atoms with Gasteiger partial charge in [-0.25, -0.2) is 0 Å². The Morgan fingerprint density at radius 2 is 2.00 bits per heavy atom. The lowest BCUT2D eigenvalue weighted by molar-refractivity contribution is -0.186. The summed E-state index contributed by atoms with van der Waals surface area (Å²) in [5.41, 5.74) is 0. The molecule has 2 rings (SSSR count). The van der Waals surface area contributed by atoms with Crippen LogP contribution in [-0.2, 0) is 14.3 Å². The second-order valence-electron chi connectivity index (χ2n) is 5.04. The molecular formula is C13H19IO3. The van der Waals surface area contributed by atoms with Crippen molar-refractivity contribution in [1.29, 1.82) is 0 Å². The number of halogens is 1. The highest BCUT2D eigenvalue weighted by atomic mass is 127. The summed E-state index contributed by atoms with van der Waals surface area (Å²) in [7, 11) is 1.62. The Morgan fingerprint density at radius 3 is 2.47 bits per heavy atom. The largest absolute Gasteiger partial charge is 0.434 e. The summed E-state index contributed by atoms with van der Waals surface area (Å²) < 4.78 is 10.4. The predicted molar refractivity (Wildman–Crippen MR) is 73.9 cm³/mol. The van der Waals surface area contributed by atoms with Crippen LogP contribution in [-0.4, -0.2) is 22.8 Å². The number of ether oxygens (including phenoxy) is 2. The lowest BCUT2D eigenvalue weighted by Crippen LogP contribution is -2.38. The monoisotopic (exact) mass is 350 g/mol. The van der Waals surface area contributed by atoms with Gasteiger partial charge in [0.05, 0.1) is 0 Å². The van der Waals surface area contributed by atoms with Crippen LogP contribution in [0.1, 0.15) is 32.6 Å². The minimum Gasteiger partial charge on any atom is -0.434 e. The van der Waals surface area contributed by atoms with Crippen LogP contribution >= 0.6 is 22.6 Å². The molecule has 0 bridgehead atoms. The van der Waals surface area contributed by atoms with Crippen molar-refractivity contribution in [2.24, 2.45) is 11.8 Å². The zero-order valence-corrected chi connectivity index (χ0v) is 12.5.